The second-order valence-corrected chi connectivity index (χ2v) is 8.51. The highest BCUT2D eigenvalue weighted by molar-refractivity contribution is 7.89. The van der Waals surface area contributed by atoms with Gasteiger partial charge >= 0.3 is 0 Å². The molecule has 1 amide bonds. The van der Waals surface area contributed by atoms with Crippen molar-refractivity contribution in [3.05, 3.63) is 82.6 Å². The topological polar surface area (TPSA) is 98.5 Å². The average Bonchev–Trinajstić information content (AvgIpc) is 2.65. The number of aryl methyl sites for hydroxylation is 1. The van der Waals surface area contributed by atoms with Gasteiger partial charge in [0, 0.05) is 16.8 Å². The van der Waals surface area contributed by atoms with E-state index in [1.54, 1.807) is 24.3 Å². The summed E-state index contributed by atoms with van der Waals surface area (Å²) in [4.78, 5) is 11.8. The second-order valence-electron chi connectivity index (χ2n) is 6.54. The third-order valence-electron chi connectivity index (χ3n) is 4.23. The van der Waals surface area contributed by atoms with Gasteiger partial charge in [0.05, 0.1) is 6.42 Å². The summed E-state index contributed by atoms with van der Waals surface area (Å²) in [6.07, 6.45) is 0.0414. The third kappa shape index (κ3) is 5.35. The molecule has 0 bridgehead atoms. The Morgan fingerprint density at radius 3 is 2.53 bits per heavy atom. The van der Waals surface area contributed by atoms with Crippen molar-refractivity contribution in [3.63, 3.8) is 0 Å². The van der Waals surface area contributed by atoms with Gasteiger partial charge in [0.2, 0.25) is 15.9 Å². The molecule has 30 heavy (non-hydrogen) atoms. The summed E-state index contributed by atoms with van der Waals surface area (Å²) in [6.45, 7) is 1.86. The smallest absolute Gasteiger partial charge is 0.241 e. The zero-order valence-corrected chi connectivity index (χ0v) is 17.4. The lowest BCUT2D eigenvalue weighted by Gasteiger charge is -2.14. The fraction of sp³-hybridized carbons (Fsp3) is 0.0952. The van der Waals surface area contributed by atoms with Gasteiger partial charge in [-0.1, -0.05) is 41.9 Å². The zero-order chi connectivity index (χ0) is 21.9. The van der Waals surface area contributed by atoms with Crippen LogP contribution in [-0.2, 0) is 21.2 Å². The highest BCUT2D eigenvalue weighted by atomic mass is 35.5. The molecular formula is C21H18ClFN2O4S. The van der Waals surface area contributed by atoms with Crippen LogP contribution in [-0.4, -0.2) is 14.3 Å². The van der Waals surface area contributed by atoms with Crippen LogP contribution in [0.15, 0.2) is 65.6 Å². The molecule has 156 valence electrons. The number of nitrogens with two attached hydrogens (primary N) is 1. The molecule has 0 aliphatic heterocycles. The molecule has 0 atom stereocenters. The maximum Gasteiger partial charge on any atom is 0.241 e. The Balaban J connectivity index is 1.91. The maximum absolute atomic E-state index is 14.7. The molecule has 0 saturated carbocycles. The first-order valence-electron chi connectivity index (χ1n) is 8.77. The van der Waals surface area contributed by atoms with E-state index >= 15 is 0 Å². The van der Waals surface area contributed by atoms with Gasteiger partial charge in [-0.2, -0.15) is 0 Å². The second kappa shape index (κ2) is 8.83. The number of anilines is 1. The minimum absolute atomic E-state index is 0.0414. The predicted octanol–water partition coefficient (Wildman–Crippen LogP) is 4.41. The van der Waals surface area contributed by atoms with Crippen molar-refractivity contribution in [2.45, 2.75) is 18.2 Å². The number of benzene rings is 3. The van der Waals surface area contributed by atoms with Crippen LogP contribution in [0.25, 0.3) is 0 Å². The lowest BCUT2D eigenvalue weighted by Crippen LogP contribution is -2.18. The average molecular weight is 449 g/mol. The maximum atomic E-state index is 14.7. The molecule has 6 nitrogen and oxygen atoms in total. The number of hydrogen-bond donors (Lipinski definition) is 2. The number of halogens is 2. The van der Waals surface area contributed by atoms with Gasteiger partial charge in [-0.3, -0.25) is 4.79 Å². The Kier molecular flexibility index (Phi) is 6.40. The lowest BCUT2D eigenvalue weighted by molar-refractivity contribution is -0.115. The molecule has 0 unspecified atom stereocenters. The van der Waals surface area contributed by atoms with Gasteiger partial charge in [0.25, 0.3) is 0 Å². The number of carbonyl (C=O) groups is 1. The van der Waals surface area contributed by atoms with Crippen LogP contribution < -0.4 is 15.2 Å². The first kappa shape index (κ1) is 21.8. The Labute approximate surface area is 178 Å². The minimum atomic E-state index is -4.36. The number of primary sulfonamides is 1. The van der Waals surface area contributed by atoms with E-state index in [0.717, 1.165) is 23.3 Å². The number of hydrogen-bond acceptors (Lipinski definition) is 4. The van der Waals surface area contributed by atoms with E-state index in [1.165, 1.54) is 12.1 Å². The number of nitrogens with one attached hydrogen (secondary N) is 1. The van der Waals surface area contributed by atoms with Crippen LogP contribution in [0.5, 0.6) is 11.5 Å². The van der Waals surface area contributed by atoms with Gasteiger partial charge in [-0.25, -0.2) is 17.9 Å². The quantitative estimate of drug-likeness (QED) is 0.583. The number of sulfonamides is 1. The van der Waals surface area contributed by atoms with Crippen molar-refractivity contribution in [1.82, 2.24) is 0 Å². The molecule has 0 heterocycles. The first-order chi connectivity index (χ1) is 14.1. The van der Waals surface area contributed by atoms with Gasteiger partial charge in [-0.15, -0.1) is 0 Å². The van der Waals surface area contributed by atoms with Crippen molar-refractivity contribution < 1.29 is 22.3 Å². The molecule has 3 rings (SSSR count). The van der Waals surface area contributed by atoms with E-state index < -0.39 is 32.4 Å². The van der Waals surface area contributed by atoms with Crippen LogP contribution in [0.3, 0.4) is 0 Å². The highest BCUT2D eigenvalue weighted by Crippen LogP contribution is 2.34. The van der Waals surface area contributed by atoms with E-state index in [9.17, 15) is 17.6 Å². The van der Waals surface area contributed by atoms with Gasteiger partial charge in [0.15, 0.2) is 11.6 Å². The number of carbonyl (C=O) groups excluding carboxylic acids is 1. The summed E-state index contributed by atoms with van der Waals surface area (Å²) < 4.78 is 44.2. The van der Waals surface area contributed by atoms with Crippen LogP contribution in [0.4, 0.5) is 10.1 Å². The zero-order valence-electron chi connectivity index (χ0n) is 15.9. The van der Waals surface area contributed by atoms with Gasteiger partial charge in [0.1, 0.15) is 10.6 Å². The number of rotatable bonds is 6. The molecule has 0 aliphatic carbocycles. The van der Waals surface area contributed by atoms with E-state index in [4.69, 9.17) is 21.5 Å². The molecule has 0 radical (unpaired) electrons. The fourth-order valence-electron chi connectivity index (χ4n) is 2.79. The first-order valence-corrected chi connectivity index (χ1v) is 10.7. The Morgan fingerprint density at radius 1 is 1.13 bits per heavy atom. The molecule has 0 spiro atoms. The van der Waals surface area contributed by atoms with E-state index in [1.807, 2.05) is 19.1 Å². The lowest BCUT2D eigenvalue weighted by atomic mass is 10.1. The SMILES string of the molecule is Cc1ccccc1CC(=O)Nc1cc(F)c(Oc2cccc(Cl)c2)c(S(N)(=O)=O)c1. The fourth-order valence-corrected chi connectivity index (χ4v) is 3.65. The van der Waals surface area contributed by atoms with Crippen LogP contribution in [0.1, 0.15) is 11.1 Å². The third-order valence-corrected chi connectivity index (χ3v) is 5.38. The molecule has 3 aromatic carbocycles. The van der Waals surface area contributed by atoms with Crippen molar-refractivity contribution in [1.29, 1.82) is 0 Å². The molecule has 0 aromatic heterocycles. The largest absolute Gasteiger partial charge is 0.453 e. The minimum Gasteiger partial charge on any atom is -0.453 e. The Hall–Kier alpha value is -2.94. The number of amides is 1. The predicted molar refractivity (Wildman–Crippen MR) is 113 cm³/mol. The molecule has 3 aromatic rings. The van der Waals surface area contributed by atoms with E-state index in [2.05, 4.69) is 5.32 Å². The van der Waals surface area contributed by atoms with E-state index in [-0.39, 0.29) is 17.9 Å². The summed E-state index contributed by atoms with van der Waals surface area (Å²) in [5.74, 6) is -1.90. The summed E-state index contributed by atoms with van der Waals surface area (Å²) in [7, 11) is -4.36. The number of ether oxygens (including phenoxy) is 1. The van der Waals surface area contributed by atoms with E-state index in [0.29, 0.717) is 5.02 Å². The van der Waals surface area contributed by atoms with Crippen LogP contribution >= 0.6 is 11.6 Å². The van der Waals surface area contributed by atoms with Gasteiger partial charge < -0.3 is 10.1 Å². The van der Waals surface area contributed by atoms with Crippen molar-refractivity contribution in [2.24, 2.45) is 5.14 Å². The monoisotopic (exact) mass is 448 g/mol. The van der Waals surface area contributed by atoms with Gasteiger partial charge in [-0.05, 0) is 42.3 Å². The normalized spacial score (nSPS) is 11.2. The van der Waals surface area contributed by atoms with Crippen molar-refractivity contribution in [2.75, 3.05) is 5.32 Å². The Bertz CT molecular complexity index is 1220. The summed E-state index contributed by atoms with van der Waals surface area (Å²) in [5, 5.41) is 8.06. The molecule has 0 fully saturated rings. The standard InChI is InChI=1S/C21H18ClFN2O4S/c1-13-5-2-3-6-14(13)9-20(26)25-16-11-18(23)21(19(12-16)30(24,27)28)29-17-8-4-7-15(22)10-17/h2-8,10-12H,9H2,1H3,(H,25,26)(H2,24,27,28). The van der Waals surface area contributed by atoms with Crippen LogP contribution in [0.2, 0.25) is 5.02 Å². The molecule has 9 heteroatoms. The Morgan fingerprint density at radius 2 is 1.87 bits per heavy atom. The molecule has 0 saturated heterocycles. The van der Waals surface area contributed by atoms with Crippen molar-refractivity contribution >= 4 is 33.2 Å². The highest BCUT2D eigenvalue weighted by Gasteiger charge is 2.22. The molecular weight excluding hydrogens is 431 g/mol. The van der Waals surface area contributed by atoms with Crippen molar-refractivity contribution in [3.8, 4) is 11.5 Å². The molecule has 0 aliphatic rings. The summed E-state index contributed by atoms with van der Waals surface area (Å²) in [6, 6.07) is 15.3. The molecule has 3 N–H and O–H groups in total. The van der Waals surface area contributed by atoms with Crippen LogP contribution in [0, 0.1) is 12.7 Å². The summed E-state index contributed by atoms with van der Waals surface area (Å²) in [5.41, 5.74) is 1.66. The summed E-state index contributed by atoms with van der Waals surface area (Å²) >= 11 is 5.88.